The van der Waals surface area contributed by atoms with Crippen LogP contribution in [0.15, 0.2) is 34.1 Å². The molecular formula is C16H13ClN6O3S. The average Bonchev–Trinajstić information content (AvgIpc) is 3.23. The first-order chi connectivity index (χ1) is 12.9. The van der Waals surface area contributed by atoms with Crippen LogP contribution in [0.4, 0.5) is 5.13 Å². The number of aromatic nitrogens is 5. The molecular weight excluding hydrogens is 392 g/mol. The number of hydrogen-bond donors (Lipinski definition) is 1. The minimum atomic E-state index is -0.509. The molecule has 11 heteroatoms. The molecule has 27 heavy (non-hydrogen) atoms. The number of imidazole rings is 1. The van der Waals surface area contributed by atoms with E-state index in [9.17, 15) is 14.4 Å². The SMILES string of the molecule is Cn1c(=O)c2c(ncn2CC(=O)Nc2nc3c(Cl)cccc3s2)n(C)c1=O. The van der Waals surface area contributed by atoms with Crippen molar-refractivity contribution in [2.24, 2.45) is 14.1 Å². The summed E-state index contributed by atoms with van der Waals surface area (Å²) in [5.41, 5.74) is 0.0416. The first-order valence-corrected chi connectivity index (χ1v) is 9.02. The van der Waals surface area contributed by atoms with Crippen LogP contribution < -0.4 is 16.6 Å². The zero-order chi connectivity index (χ0) is 19.3. The minimum Gasteiger partial charge on any atom is -0.315 e. The number of hydrogen-bond acceptors (Lipinski definition) is 6. The summed E-state index contributed by atoms with van der Waals surface area (Å²) in [7, 11) is 2.90. The van der Waals surface area contributed by atoms with Gasteiger partial charge in [0.1, 0.15) is 12.1 Å². The predicted molar refractivity (Wildman–Crippen MR) is 103 cm³/mol. The number of rotatable bonds is 3. The average molecular weight is 405 g/mol. The Morgan fingerprint density at radius 3 is 2.78 bits per heavy atom. The highest BCUT2D eigenvalue weighted by Gasteiger charge is 2.17. The van der Waals surface area contributed by atoms with Gasteiger partial charge in [0.05, 0.1) is 16.0 Å². The topological polar surface area (TPSA) is 104 Å². The molecule has 3 heterocycles. The molecule has 4 rings (SSSR count). The third-order valence-electron chi connectivity index (χ3n) is 4.15. The van der Waals surface area contributed by atoms with Crippen molar-refractivity contribution in [1.29, 1.82) is 0 Å². The third kappa shape index (κ3) is 2.82. The van der Waals surface area contributed by atoms with Crippen molar-refractivity contribution in [3.05, 3.63) is 50.4 Å². The van der Waals surface area contributed by atoms with Crippen LogP contribution in [0, 0.1) is 0 Å². The number of carbonyl (C=O) groups excluding carboxylic acids is 1. The van der Waals surface area contributed by atoms with E-state index in [1.807, 2.05) is 12.1 Å². The molecule has 0 atom stereocenters. The molecule has 9 nitrogen and oxygen atoms in total. The Balaban J connectivity index is 1.66. The number of anilines is 1. The molecule has 0 aliphatic rings. The van der Waals surface area contributed by atoms with Gasteiger partial charge >= 0.3 is 5.69 Å². The number of fused-ring (bicyclic) bond motifs is 2. The lowest BCUT2D eigenvalue weighted by atomic mass is 10.3. The van der Waals surface area contributed by atoms with Crippen LogP contribution in [-0.2, 0) is 25.4 Å². The second-order valence-corrected chi connectivity index (χ2v) is 7.34. The molecule has 1 N–H and O–H groups in total. The highest BCUT2D eigenvalue weighted by molar-refractivity contribution is 7.22. The second kappa shape index (κ2) is 6.32. The lowest BCUT2D eigenvalue weighted by molar-refractivity contribution is -0.116. The van der Waals surface area contributed by atoms with Crippen LogP contribution >= 0.6 is 22.9 Å². The molecule has 1 aromatic carbocycles. The van der Waals surface area contributed by atoms with E-state index in [2.05, 4.69) is 15.3 Å². The molecule has 0 unspecified atom stereocenters. The Labute approximate surface area is 160 Å². The molecule has 138 valence electrons. The lowest BCUT2D eigenvalue weighted by Crippen LogP contribution is -2.37. The van der Waals surface area contributed by atoms with Crippen molar-refractivity contribution in [2.45, 2.75) is 6.54 Å². The summed E-state index contributed by atoms with van der Waals surface area (Å²) in [5, 5.41) is 3.62. The van der Waals surface area contributed by atoms with Gasteiger partial charge in [-0.1, -0.05) is 29.0 Å². The Morgan fingerprint density at radius 1 is 1.26 bits per heavy atom. The number of halogens is 1. The number of thiazole rings is 1. The fraction of sp³-hybridized carbons (Fsp3) is 0.188. The molecule has 0 radical (unpaired) electrons. The Hall–Kier alpha value is -2.98. The Bertz CT molecular complexity index is 1330. The molecule has 0 aliphatic carbocycles. The number of carbonyl (C=O) groups is 1. The van der Waals surface area contributed by atoms with Crippen molar-refractivity contribution in [1.82, 2.24) is 23.7 Å². The zero-order valence-electron chi connectivity index (χ0n) is 14.3. The van der Waals surface area contributed by atoms with E-state index in [1.54, 1.807) is 6.07 Å². The highest BCUT2D eigenvalue weighted by atomic mass is 35.5. The smallest absolute Gasteiger partial charge is 0.315 e. The summed E-state index contributed by atoms with van der Waals surface area (Å²) in [6, 6.07) is 5.40. The number of nitrogens with zero attached hydrogens (tertiary/aromatic N) is 5. The molecule has 4 aromatic rings. The maximum absolute atomic E-state index is 12.4. The molecule has 0 fully saturated rings. The first kappa shape index (κ1) is 17.4. The van der Waals surface area contributed by atoms with E-state index >= 15 is 0 Å². The summed E-state index contributed by atoms with van der Waals surface area (Å²) in [6.45, 7) is -0.145. The van der Waals surface area contributed by atoms with E-state index in [1.165, 1.54) is 40.9 Å². The van der Waals surface area contributed by atoms with E-state index in [-0.39, 0.29) is 23.6 Å². The van der Waals surface area contributed by atoms with Gasteiger partial charge in [-0.05, 0) is 12.1 Å². The van der Waals surface area contributed by atoms with Crippen LogP contribution in [0.5, 0.6) is 0 Å². The summed E-state index contributed by atoms with van der Waals surface area (Å²) in [4.78, 5) is 45.2. The van der Waals surface area contributed by atoms with E-state index in [0.717, 1.165) is 9.27 Å². The van der Waals surface area contributed by atoms with Crippen molar-refractivity contribution < 1.29 is 4.79 Å². The molecule has 0 saturated heterocycles. The van der Waals surface area contributed by atoms with E-state index < -0.39 is 11.2 Å². The zero-order valence-corrected chi connectivity index (χ0v) is 15.8. The summed E-state index contributed by atoms with van der Waals surface area (Å²) in [6.07, 6.45) is 1.36. The summed E-state index contributed by atoms with van der Waals surface area (Å²) >= 11 is 7.40. The fourth-order valence-electron chi connectivity index (χ4n) is 2.80. The number of nitrogens with one attached hydrogen (secondary N) is 1. The quantitative estimate of drug-likeness (QED) is 0.555. The van der Waals surface area contributed by atoms with Crippen LogP contribution in [0.25, 0.3) is 21.4 Å². The van der Waals surface area contributed by atoms with Gasteiger partial charge in [0.15, 0.2) is 16.3 Å². The molecule has 0 spiro atoms. The van der Waals surface area contributed by atoms with Gasteiger partial charge < -0.3 is 9.88 Å². The van der Waals surface area contributed by atoms with Gasteiger partial charge in [0.25, 0.3) is 5.56 Å². The minimum absolute atomic E-state index is 0.145. The van der Waals surface area contributed by atoms with Gasteiger partial charge in [-0.15, -0.1) is 0 Å². The number of aryl methyl sites for hydroxylation is 1. The summed E-state index contributed by atoms with van der Waals surface area (Å²) in [5.74, 6) is -0.375. The van der Waals surface area contributed by atoms with Gasteiger partial charge in [-0.25, -0.2) is 14.8 Å². The van der Waals surface area contributed by atoms with Crippen molar-refractivity contribution in [2.75, 3.05) is 5.32 Å². The second-order valence-electron chi connectivity index (χ2n) is 5.90. The molecule has 1 amide bonds. The van der Waals surface area contributed by atoms with Crippen molar-refractivity contribution in [3.63, 3.8) is 0 Å². The molecule has 0 bridgehead atoms. The Kier molecular flexibility index (Phi) is 4.08. The molecule has 0 saturated carbocycles. The predicted octanol–water partition coefficient (Wildman–Crippen LogP) is 1.34. The maximum atomic E-state index is 12.4. The fourth-order valence-corrected chi connectivity index (χ4v) is 3.98. The summed E-state index contributed by atoms with van der Waals surface area (Å²) < 4.78 is 4.51. The van der Waals surface area contributed by atoms with E-state index in [4.69, 9.17) is 11.6 Å². The molecule has 0 aliphatic heterocycles. The third-order valence-corrected chi connectivity index (χ3v) is 5.39. The molecule has 3 aromatic heterocycles. The lowest BCUT2D eigenvalue weighted by Gasteiger charge is -2.06. The number of para-hydroxylation sites is 1. The van der Waals surface area contributed by atoms with Crippen LogP contribution in [-0.4, -0.2) is 29.6 Å². The van der Waals surface area contributed by atoms with Crippen molar-refractivity contribution >= 4 is 55.4 Å². The standard InChI is InChI=1S/C16H13ClN6O3S/c1-21-13-12(14(25)22(2)16(21)26)23(7-18-13)6-10(24)19-15-20-11-8(17)4-3-5-9(11)27-15/h3-5,7H,6H2,1-2H3,(H,19,20,24). The maximum Gasteiger partial charge on any atom is 0.332 e. The van der Waals surface area contributed by atoms with Gasteiger partial charge in [0.2, 0.25) is 5.91 Å². The van der Waals surface area contributed by atoms with Crippen LogP contribution in [0.1, 0.15) is 0 Å². The van der Waals surface area contributed by atoms with Crippen LogP contribution in [0.2, 0.25) is 5.02 Å². The van der Waals surface area contributed by atoms with Gasteiger partial charge in [-0.2, -0.15) is 0 Å². The van der Waals surface area contributed by atoms with Crippen molar-refractivity contribution in [3.8, 4) is 0 Å². The largest absolute Gasteiger partial charge is 0.332 e. The number of benzene rings is 1. The number of amides is 1. The highest BCUT2D eigenvalue weighted by Crippen LogP contribution is 2.30. The first-order valence-electron chi connectivity index (χ1n) is 7.82. The van der Waals surface area contributed by atoms with Crippen LogP contribution in [0.3, 0.4) is 0 Å². The van der Waals surface area contributed by atoms with Gasteiger partial charge in [-0.3, -0.25) is 18.7 Å². The van der Waals surface area contributed by atoms with Gasteiger partial charge in [0, 0.05) is 14.1 Å². The Morgan fingerprint density at radius 2 is 2.04 bits per heavy atom. The monoisotopic (exact) mass is 404 g/mol. The van der Waals surface area contributed by atoms with E-state index in [0.29, 0.717) is 15.7 Å². The normalized spacial score (nSPS) is 11.4.